The minimum Gasteiger partial charge on any atom is -0.375 e. The van der Waals surface area contributed by atoms with Gasteiger partial charge >= 0.3 is 0 Å². The van der Waals surface area contributed by atoms with E-state index in [-0.39, 0.29) is 17.6 Å². The number of aromatic nitrogens is 1. The molecule has 1 aromatic heterocycles. The van der Waals surface area contributed by atoms with Gasteiger partial charge in [0.05, 0.1) is 18.8 Å². The molecule has 0 spiro atoms. The van der Waals surface area contributed by atoms with Crippen molar-refractivity contribution in [3.05, 3.63) is 64.6 Å². The summed E-state index contributed by atoms with van der Waals surface area (Å²) in [4.78, 5) is 23.8. The predicted molar refractivity (Wildman–Crippen MR) is 97.7 cm³/mol. The van der Waals surface area contributed by atoms with Gasteiger partial charge in [-0.25, -0.2) is 0 Å². The van der Waals surface area contributed by atoms with Crippen LogP contribution in [0.1, 0.15) is 38.2 Å². The van der Waals surface area contributed by atoms with Crippen molar-refractivity contribution in [1.82, 2.24) is 4.57 Å². The molecule has 1 saturated heterocycles. The van der Waals surface area contributed by atoms with E-state index in [1.54, 1.807) is 22.9 Å². The Balaban J connectivity index is 1.49. The fourth-order valence-electron chi connectivity index (χ4n) is 3.09. The molecule has 5 heteroatoms. The maximum Gasteiger partial charge on any atom is 0.250 e. The summed E-state index contributed by atoms with van der Waals surface area (Å²) in [6.07, 6.45) is 5.67. The number of pyridine rings is 1. The molecule has 2 atom stereocenters. The van der Waals surface area contributed by atoms with E-state index >= 15 is 0 Å². The van der Waals surface area contributed by atoms with Crippen LogP contribution in [0.5, 0.6) is 0 Å². The lowest BCUT2D eigenvalue weighted by Gasteiger charge is -2.11. The van der Waals surface area contributed by atoms with Crippen molar-refractivity contribution in [1.29, 1.82) is 0 Å². The zero-order valence-electron chi connectivity index (χ0n) is 14.5. The summed E-state index contributed by atoms with van der Waals surface area (Å²) >= 11 is 0. The third kappa shape index (κ3) is 5.03. The maximum absolute atomic E-state index is 12.1. The molecule has 2 aromatic rings. The number of amides is 1. The molecule has 0 radical (unpaired) electrons. The molecule has 2 heterocycles. The maximum atomic E-state index is 12.1. The van der Waals surface area contributed by atoms with Gasteiger partial charge in [-0.05, 0) is 49.9 Å². The normalized spacial score (nSPS) is 19.7. The van der Waals surface area contributed by atoms with E-state index in [0.717, 1.165) is 30.5 Å². The van der Waals surface area contributed by atoms with Crippen LogP contribution in [0.4, 0.5) is 5.69 Å². The molecule has 25 heavy (non-hydrogen) atoms. The third-order valence-electron chi connectivity index (χ3n) is 4.50. The zero-order valence-corrected chi connectivity index (χ0v) is 14.5. The first-order valence-corrected chi connectivity index (χ1v) is 8.80. The van der Waals surface area contributed by atoms with Crippen molar-refractivity contribution in [2.75, 3.05) is 5.32 Å². The standard InChI is InChI=1S/C20H24N2O3/c1-15-5-10-18(25-15)11-12-19(23)21-17-8-6-16(7-9-17)14-22-13-3-2-4-20(22)24/h2-4,6-9,13,15,18H,5,10-12,14H2,1H3,(H,21,23)/t15-,18+/m0/s1. The monoisotopic (exact) mass is 340 g/mol. The number of hydrogen-bond donors (Lipinski definition) is 1. The summed E-state index contributed by atoms with van der Waals surface area (Å²) in [5.74, 6) is 0.00943. The highest BCUT2D eigenvalue weighted by molar-refractivity contribution is 5.90. The van der Waals surface area contributed by atoms with Crippen LogP contribution in [0.25, 0.3) is 0 Å². The molecule has 132 valence electrons. The van der Waals surface area contributed by atoms with E-state index in [0.29, 0.717) is 19.1 Å². The summed E-state index contributed by atoms with van der Waals surface area (Å²) < 4.78 is 7.38. The second-order valence-electron chi connectivity index (χ2n) is 6.60. The molecule has 1 fully saturated rings. The van der Waals surface area contributed by atoms with Gasteiger partial charge in [-0.1, -0.05) is 18.2 Å². The summed E-state index contributed by atoms with van der Waals surface area (Å²) in [5.41, 5.74) is 1.76. The molecule has 0 bridgehead atoms. The Bertz CT molecular complexity index is 767. The number of anilines is 1. The Morgan fingerprint density at radius 2 is 2.00 bits per heavy atom. The number of hydrogen-bond acceptors (Lipinski definition) is 3. The van der Waals surface area contributed by atoms with Crippen LogP contribution in [-0.2, 0) is 16.1 Å². The average Bonchev–Trinajstić information content (AvgIpc) is 3.02. The van der Waals surface area contributed by atoms with Crippen LogP contribution in [0.15, 0.2) is 53.5 Å². The van der Waals surface area contributed by atoms with Crippen LogP contribution in [0, 0.1) is 0 Å². The van der Waals surface area contributed by atoms with E-state index < -0.39 is 0 Å². The van der Waals surface area contributed by atoms with Gasteiger partial charge in [0.2, 0.25) is 5.91 Å². The largest absolute Gasteiger partial charge is 0.375 e. The van der Waals surface area contributed by atoms with Gasteiger partial charge in [-0.3, -0.25) is 9.59 Å². The molecule has 0 aliphatic carbocycles. The van der Waals surface area contributed by atoms with Gasteiger partial charge < -0.3 is 14.6 Å². The fraction of sp³-hybridized carbons (Fsp3) is 0.400. The number of carbonyl (C=O) groups is 1. The van der Waals surface area contributed by atoms with E-state index in [4.69, 9.17) is 4.74 Å². The topological polar surface area (TPSA) is 60.3 Å². The molecule has 1 aromatic carbocycles. The fourth-order valence-corrected chi connectivity index (χ4v) is 3.09. The highest BCUT2D eigenvalue weighted by Crippen LogP contribution is 2.22. The Hall–Kier alpha value is -2.40. The summed E-state index contributed by atoms with van der Waals surface area (Å²) in [6.45, 7) is 2.59. The molecule has 1 aliphatic heterocycles. The quantitative estimate of drug-likeness (QED) is 0.878. The van der Waals surface area contributed by atoms with E-state index in [2.05, 4.69) is 12.2 Å². The first-order chi connectivity index (χ1) is 12.1. The summed E-state index contributed by atoms with van der Waals surface area (Å²) in [5, 5.41) is 2.92. The third-order valence-corrected chi connectivity index (χ3v) is 4.50. The van der Waals surface area contributed by atoms with Crippen molar-refractivity contribution in [2.45, 2.75) is 51.4 Å². The molecular formula is C20H24N2O3. The van der Waals surface area contributed by atoms with Gasteiger partial charge in [0.1, 0.15) is 0 Å². The zero-order chi connectivity index (χ0) is 17.6. The van der Waals surface area contributed by atoms with Gasteiger partial charge in [-0.15, -0.1) is 0 Å². The molecule has 0 unspecified atom stereocenters. The number of nitrogens with one attached hydrogen (secondary N) is 1. The highest BCUT2D eigenvalue weighted by atomic mass is 16.5. The molecule has 0 saturated carbocycles. The van der Waals surface area contributed by atoms with Gasteiger partial charge in [0.25, 0.3) is 5.56 Å². The lowest BCUT2D eigenvalue weighted by molar-refractivity contribution is -0.116. The van der Waals surface area contributed by atoms with Crippen molar-refractivity contribution < 1.29 is 9.53 Å². The van der Waals surface area contributed by atoms with Gasteiger partial charge in [-0.2, -0.15) is 0 Å². The second kappa shape index (κ2) is 8.12. The molecule has 5 nitrogen and oxygen atoms in total. The lowest BCUT2D eigenvalue weighted by atomic mass is 10.1. The average molecular weight is 340 g/mol. The van der Waals surface area contributed by atoms with E-state index in [1.807, 2.05) is 30.3 Å². The Labute approximate surface area is 147 Å². The number of benzene rings is 1. The van der Waals surface area contributed by atoms with Gasteiger partial charge in [0.15, 0.2) is 0 Å². The molecule has 1 amide bonds. The van der Waals surface area contributed by atoms with Crippen LogP contribution < -0.4 is 10.9 Å². The SMILES string of the molecule is C[C@H]1CC[C@H](CCC(=O)Nc2ccc(Cn3ccccc3=O)cc2)O1. The number of carbonyl (C=O) groups excluding carboxylic acids is 1. The predicted octanol–water partition coefficient (Wildman–Crippen LogP) is 3.18. The Morgan fingerprint density at radius 3 is 2.68 bits per heavy atom. The van der Waals surface area contributed by atoms with Crippen LogP contribution in [0.3, 0.4) is 0 Å². The van der Waals surface area contributed by atoms with Gasteiger partial charge in [0, 0.05) is 24.4 Å². The minimum atomic E-state index is -0.0247. The first kappa shape index (κ1) is 17.4. The van der Waals surface area contributed by atoms with E-state index in [9.17, 15) is 9.59 Å². The molecule has 1 aliphatic rings. The highest BCUT2D eigenvalue weighted by Gasteiger charge is 2.22. The number of ether oxygens (including phenoxy) is 1. The van der Waals surface area contributed by atoms with Crippen LogP contribution in [-0.4, -0.2) is 22.7 Å². The number of nitrogens with zero attached hydrogens (tertiary/aromatic N) is 1. The van der Waals surface area contributed by atoms with Crippen molar-refractivity contribution in [3.63, 3.8) is 0 Å². The van der Waals surface area contributed by atoms with Crippen molar-refractivity contribution >= 4 is 11.6 Å². The minimum absolute atomic E-state index is 0.00943. The van der Waals surface area contributed by atoms with E-state index in [1.165, 1.54) is 0 Å². The summed E-state index contributed by atoms with van der Waals surface area (Å²) in [6, 6.07) is 12.7. The smallest absolute Gasteiger partial charge is 0.250 e. The second-order valence-corrected chi connectivity index (χ2v) is 6.60. The molecule has 1 N–H and O–H groups in total. The molecular weight excluding hydrogens is 316 g/mol. The number of rotatable bonds is 6. The van der Waals surface area contributed by atoms with Crippen LogP contribution in [0.2, 0.25) is 0 Å². The van der Waals surface area contributed by atoms with Crippen LogP contribution >= 0.6 is 0 Å². The Kier molecular flexibility index (Phi) is 5.66. The summed E-state index contributed by atoms with van der Waals surface area (Å²) in [7, 11) is 0. The lowest BCUT2D eigenvalue weighted by Crippen LogP contribution is -2.18. The molecule has 3 rings (SSSR count). The van der Waals surface area contributed by atoms with Crippen molar-refractivity contribution in [2.24, 2.45) is 0 Å². The van der Waals surface area contributed by atoms with Crippen molar-refractivity contribution in [3.8, 4) is 0 Å². The first-order valence-electron chi connectivity index (χ1n) is 8.80. The Morgan fingerprint density at radius 1 is 1.20 bits per heavy atom.